The van der Waals surface area contributed by atoms with Gasteiger partial charge in [0, 0.05) is 24.3 Å². The fraction of sp³-hybridized carbons (Fsp3) is 0.929. The number of nitrogens with zero attached hydrogens (tertiary/aromatic N) is 1. The maximum Gasteiger partial charge on any atom is 0.389 e. The van der Waals surface area contributed by atoms with Gasteiger partial charge in [0.05, 0.1) is 0 Å². The Hall–Kier alpha value is -0.390. The molecule has 0 radical (unpaired) electrons. The number of aliphatic imine (C=N–C) groups is 1. The Morgan fingerprint density at radius 1 is 1.40 bits per heavy atom. The van der Waals surface area contributed by atoms with E-state index in [0.29, 0.717) is 13.0 Å². The summed E-state index contributed by atoms with van der Waals surface area (Å²) in [4.78, 5) is 4.42. The van der Waals surface area contributed by atoms with Crippen LogP contribution in [0.25, 0.3) is 0 Å². The summed E-state index contributed by atoms with van der Waals surface area (Å²) >= 11 is 1.73. The molecule has 0 aromatic rings. The smallest absolute Gasteiger partial charge is 0.359 e. The van der Waals surface area contributed by atoms with Crippen LogP contribution in [0.2, 0.25) is 0 Å². The summed E-state index contributed by atoms with van der Waals surface area (Å²) in [5.41, 5.74) is 0.202. The minimum atomic E-state index is -4.03. The molecule has 6 heteroatoms. The molecule has 0 bridgehead atoms. The first kappa shape index (κ1) is 16.0. The van der Waals surface area contributed by atoms with Crippen molar-refractivity contribution >= 4 is 16.9 Å². The fourth-order valence-electron chi connectivity index (χ4n) is 3.11. The quantitative estimate of drug-likeness (QED) is 0.780. The third-order valence-electron chi connectivity index (χ3n) is 4.07. The van der Waals surface area contributed by atoms with E-state index >= 15 is 0 Å². The number of unbranched alkanes of at least 4 members (excludes halogenated alkanes) is 1. The van der Waals surface area contributed by atoms with Crippen LogP contribution in [0.1, 0.15) is 51.9 Å². The van der Waals surface area contributed by atoms with Crippen molar-refractivity contribution in [2.45, 2.75) is 63.6 Å². The predicted molar refractivity (Wildman–Crippen MR) is 78.2 cm³/mol. The zero-order chi connectivity index (χ0) is 14.6. The number of thioether (sulfide) groups is 1. The lowest BCUT2D eigenvalue weighted by atomic mass is 9.78. The van der Waals surface area contributed by atoms with Crippen LogP contribution in [0.15, 0.2) is 4.99 Å². The first-order valence-electron chi connectivity index (χ1n) is 7.41. The zero-order valence-electron chi connectivity index (χ0n) is 11.9. The van der Waals surface area contributed by atoms with Gasteiger partial charge in [-0.05, 0) is 31.6 Å². The molecule has 2 atom stereocenters. The number of halogens is 3. The predicted octanol–water partition coefficient (Wildman–Crippen LogP) is 4.36. The lowest BCUT2D eigenvalue weighted by Gasteiger charge is -2.36. The van der Waals surface area contributed by atoms with Crippen molar-refractivity contribution in [3.8, 4) is 0 Å². The molecule has 1 saturated heterocycles. The summed E-state index contributed by atoms with van der Waals surface area (Å²) in [6.07, 6.45) is 0.896. The Labute approximate surface area is 123 Å². The summed E-state index contributed by atoms with van der Waals surface area (Å²) in [6.45, 7) is 2.79. The van der Waals surface area contributed by atoms with E-state index in [9.17, 15) is 13.2 Å². The molecule has 2 fully saturated rings. The van der Waals surface area contributed by atoms with Crippen LogP contribution in [0.3, 0.4) is 0 Å². The number of nitrogens with one attached hydrogen (secondary N) is 1. The van der Waals surface area contributed by atoms with Gasteiger partial charge in [-0.1, -0.05) is 31.5 Å². The van der Waals surface area contributed by atoms with Crippen molar-refractivity contribution in [1.82, 2.24) is 5.32 Å². The highest BCUT2D eigenvalue weighted by atomic mass is 32.2. The Morgan fingerprint density at radius 3 is 2.90 bits per heavy atom. The van der Waals surface area contributed by atoms with E-state index in [4.69, 9.17) is 0 Å². The third kappa shape index (κ3) is 4.86. The average molecular weight is 308 g/mol. The number of rotatable bonds is 4. The lowest BCUT2D eigenvalue weighted by Crippen LogP contribution is -2.47. The van der Waals surface area contributed by atoms with E-state index in [1.54, 1.807) is 11.8 Å². The van der Waals surface area contributed by atoms with E-state index < -0.39 is 12.6 Å². The van der Waals surface area contributed by atoms with E-state index in [2.05, 4.69) is 17.2 Å². The molecule has 0 aromatic heterocycles. The van der Waals surface area contributed by atoms with Crippen LogP contribution >= 0.6 is 11.8 Å². The maximum atomic E-state index is 12.0. The summed E-state index contributed by atoms with van der Waals surface area (Å²) < 4.78 is 36.0. The molecule has 2 aliphatic rings. The van der Waals surface area contributed by atoms with E-state index in [1.165, 1.54) is 25.7 Å². The van der Waals surface area contributed by atoms with E-state index in [-0.39, 0.29) is 12.0 Å². The topological polar surface area (TPSA) is 24.4 Å². The molecule has 1 heterocycles. The van der Waals surface area contributed by atoms with Crippen molar-refractivity contribution in [2.75, 3.05) is 12.3 Å². The Bertz CT molecular complexity index is 357. The lowest BCUT2D eigenvalue weighted by molar-refractivity contribution is -0.135. The number of hydrogen-bond donors (Lipinski definition) is 1. The number of hydrogen-bond acceptors (Lipinski definition) is 2. The second-order valence-electron chi connectivity index (χ2n) is 6.15. The van der Waals surface area contributed by atoms with Crippen LogP contribution in [0.4, 0.5) is 13.2 Å². The molecule has 1 aliphatic carbocycles. The molecule has 1 aliphatic heterocycles. The highest BCUT2D eigenvalue weighted by Gasteiger charge is 2.40. The number of alkyl halides is 3. The second-order valence-corrected chi connectivity index (χ2v) is 7.12. The molecule has 1 N–H and O–H groups in total. The molecule has 1 spiro atoms. The summed E-state index contributed by atoms with van der Waals surface area (Å²) in [5.74, 6) is 1.81. The van der Waals surface area contributed by atoms with Gasteiger partial charge in [0.2, 0.25) is 0 Å². The summed E-state index contributed by atoms with van der Waals surface area (Å²) in [7, 11) is 0. The van der Waals surface area contributed by atoms with Crippen LogP contribution < -0.4 is 5.32 Å². The largest absolute Gasteiger partial charge is 0.389 e. The maximum absolute atomic E-state index is 12.0. The summed E-state index contributed by atoms with van der Waals surface area (Å²) in [5, 5.41) is 4.47. The number of amidine groups is 1. The highest BCUT2D eigenvalue weighted by molar-refractivity contribution is 8.14. The average Bonchev–Trinajstić information content (AvgIpc) is 2.70. The summed E-state index contributed by atoms with van der Waals surface area (Å²) in [6, 6.07) is 0. The van der Waals surface area contributed by atoms with Crippen LogP contribution in [0, 0.1) is 5.92 Å². The van der Waals surface area contributed by atoms with Gasteiger partial charge in [0.25, 0.3) is 0 Å². The van der Waals surface area contributed by atoms with Crippen molar-refractivity contribution in [3.05, 3.63) is 0 Å². The van der Waals surface area contributed by atoms with Gasteiger partial charge in [-0.3, -0.25) is 4.99 Å². The fourth-order valence-corrected chi connectivity index (χ4v) is 4.33. The first-order chi connectivity index (χ1) is 9.39. The van der Waals surface area contributed by atoms with Crippen molar-refractivity contribution in [1.29, 1.82) is 0 Å². The van der Waals surface area contributed by atoms with Gasteiger partial charge in [-0.25, -0.2) is 0 Å². The molecule has 0 amide bonds. The Kier molecular flexibility index (Phi) is 5.26. The zero-order valence-corrected chi connectivity index (χ0v) is 12.7. The molecule has 2 unspecified atom stereocenters. The van der Waals surface area contributed by atoms with Crippen molar-refractivity contribution in [2.24, 2.45) is 10.9 Å². The molecule has 2 rings (SSSR count). The minimum absolute atomic E-state index is 0.174. The Morgan fingerprint density at radius 2 is 2.20 bits per heavy atom. The third-order valence-corrected chi connectivity index (χ3v) is 5.27. The van der Waals surface area contributed by atoms with Crippen molar-refractivity contribution in [3.63, 3.8) is 0 Å². The monoisotopic (exact) mass is 308 g/mol. The van der Waals surface area contributed by atoms with Gasteiger partial charge in [-0.2, -0.15) is 13.2 Å². The standard InChI is InChI=1S/C14H23F3N2S/c1-11-5-4-6-13(9-11)10-20-12(19-13)18-8-3-2-7-14(15,16)17/h11H,2-10H2,1H3,(H,18,19). The molecule has 0 aromatic carbocycles. The first-order valence-corrected chi connectivity index (χ1v) is 8.39. The molecule has 116 valence electrons. The SMILES string of the molecule is CC1CCCC2(CSC(=NCCCCC(F)(F)F)N2)C1. The molecule has 2 nitrogen and oxygen atoms in total. The van der Waals surface area contributed by atoms with Crippen molar-refractivity contribution < 1.29 is 13.2 Å². The van der Waals surface area contributed by atoms with Gasteiger partial charge in [-0.15, -0.1) is 0 Å². The minimum Gasteiger partial charge on any atom is -0.359 e. The molecular weight excluding hydrogens is 285 g/mol. The van der Waals surface area contributed by atoms with Gasteiger partial charge in [0.15, 0.2) is 5.17 Å². The van der Waals surface area contributed by atoms with Gasteiger partial charge >= 0.3 is 6.18 Å². The Balaban J connectivity index is 1.71. The molecular formula is C14H23F3N2S. The highest BCUT2D eigenvalue weighted by Crippen LogP contribution is 2.38. The molecule has 20 heavy (non-hydrogen) atoms. The van der Waals surface area contributed by atoms with Crippen LogP contribution in [-0.2, 0) is 0 Å². The van der Waals surface area contributed by atoms with Crippen LogP contribution in [-0.4, -0.2) is 29.2 Å². The van der Waals surface area contributed by atoms with E-state index in [0.717, 1.165) is 16.8 Å². The second kappa shape index (κ2) is 6.58. The van der Waals surface area contributed by atoms with Crippen LogP contribution in [0.5, 0.6) is 0 Å². The van der Waals surface area contributed by atoms with Gasteiger partial charge < -0.3 is 5.32 Å². The van der Waals surface area contributed by atoms with Gasteiger partial charge in [0.1, 0.15) is 0 Å². The van der Waals surface area contributed by atoms with E-state index in [1.807, 2.05) is 0 Å². The molecule has 1 saturated carbocycles. The normalized spacial score (nSPS) is 32.8.